The first-order chi connectivity index (χ1) is 9.45. The fraction of sp³-hybridized carbons (Fsp3) is 0.200. The van der Waals surface area contributed by atoms with Gasteiger partial charge in [-0.15, -0.1) is 0 Å². The van der Waals surface area contributed by atoms with Gasteiger partial charge in [0.25, 0.3) is 0 Å². The molecule has 0 amide bonds. The molecule has 0 heterocycles. The number of hydrogen-bond acceptors (Lipinski definition) is 3. The lowest BCUT2D eigenvalue weighted by Crippen LogP contribution is -2.05. The molecule has 0 N–H and O–H groups in total. The molecule has 0 aliphatic heterocycles. The molecule has 0 aliphatic rings. The van der Waals surface area contributed by atoms with Gasteiger partial charge in [0.05, 0.1) is 11.5 Å². The molecule has 0 fully saturated rings. The molecule has 0 aromatic heterocycles. The number of halogens is 1. The van der Waals surface area contributed by atoms with Gasteiger partial charge in [0.1, 0.15) is 10.6 Å². The zero-order chi connectivity index (χ0) is 14.8. The van der Waals surface area contributed by atoms with Crippen molar-refractivity contribution in [1.29, 1.82) is 0 Å². The summed E-state index contributed by atoms with van der Waals surface area (Å²) >= 11 is 5.89. The highest BCUT2D eigenvalue weighted by Crippen LogP contribution is 2.32. The number of rotatable bonds is 4. The third-order valence-electron chi connectivity index (χ3n) is 2.83. The quantitative estimate of drug-likeness (QED) is 0.860. The largest absolute Gasteiger partial charge is 0.492 e. The predicted octanol–water partition coefficient (Wildman–Crippen LogP) is 3.88. The van der Waals surface area contributed by atoms with E-state index in [1.54, 1.807) is 37.3 Å². The lowest BCUT2D eigenvalue weighted by atomic mass is 10.2. The van der Waals surface area contributed by atoms with Crippen LogP contribution in [0.3, 0.4) is 0 Å². The number of benzene rings is 2. The molecule has 2 rings (SSSR count). The zero-order valence-electron chi connectivity index (χ0n) is 11.3. The van der Waals surface area contributed by atoms with Crippen molar-refractivity contribution >= 4 is 21.4 Å². The van der Waals surface area contributed by atoms with Gasteiger partial charge in [-0.05, 0) is 38.1 Å². The second-order valence-corrected chi connectivity index (χ2v) is 6.70. The van der Waals surface area contributed by atoms with Crippen LogP contribution in [0.4, 0.5) is 0 Å². The fourth-order valence-corrected chi connectivity index (χ4v) is 3.36. The molecule has 0 saturated carbocycles. The molecule has 0 spiro atoms. The van der Waals surface area contributed by atoms with Crippen LogP contribution in [-0.2, 0) is 9.84 Å². The lowest BCUT2D eigenvalue weighted by molar-refractivity contribution is 0.331. The molecule has 2 aromatic rings. The third-order valence-corrected chi connectivity index (χ3v) is 4.87. The molecule has 0 radical (unpaired) electrons. The average molecular weight is 311 g/mol. The van der Waals surface area contributed by atoms with E-state index in [-0.39, 0.29) is 15.5 Å². The second-order valence-electron chi connectivity index (χ2n) is 4.34. The Morgan fingerprint density at radius 1 is 1.10 bits per heavy atom. The summed E-state index contributed by atoms with van der Waals surface area (Å²) in [5, 5.41) is 0.441. The van der Waals surface area contributed by atoms with Crippen LogP contribution >= 0.6 is 11.6 Å². The maximum absolute atomic E-state index is 12.6. The standard InChI is InChI=1S/C15H15ClO3S/c1-3-19-14-10-12(16)6-9-15(14)20(17,18)13-7-4-11(2)5-8-13/h4-10H,3H2,1-2H3. The van der Waals surface area contributed by atoms with E-state index in [0.717, 1.165) is 5.56 Å². The average Bonchev–Trinajstić information content (AvgIpc) is 2.39. The summed E-state index contributed by atoms with van der Waals surface area (Å²) in [5.74, 6) is 0.278. The summed E-state index contributed by atoms with van der Waals surface area (Å²) in [6.07, 6.45) is 0. The normalized spacial score (nSPS) is 11.3. The van der Waals surface area contributed by atoms with E-state index in [4.69, 9.17) is 16.3 Å². The topological polar surface area (TPSA) is 43.4 Å². The smallest absolute Gasteiger partial charge is 0.210 e. The molecular formula is C15H15ClO3S. The maximum Gasteiger partial charge on any atom is 0.210 e. The van der Waals surface area contributed by atoms with Gasteiger partial charge < -0.3 is 4.74 Å². The minimum atomic E-state index is -3.61. The first-order valence-corrected chi connectivity index (χ1v) is 8.05. The number of hydrogen-bond donors (Lipinski definition) is 0. The highest BCUT2D eigenvalue weighted by molar-refractivity contribution is 7.91. The molecule has 2 aromatic carbocycles. The van der Waals surface area contributed by atoms with Crippen molar-refractivity contribution in [2.45, 2.75) is 23.6 Å². The monoisotopic (exact) mass is 310 g/mol. The van der Waals surface area contributed by atoms with Gasteiger partial charge in [-0.1, -0.05) is 29.3 Å². The molecule has 0 atom stereocenters. The van der Waals surface area contributed by atoms with E-state index >= 15 is 0 Å². The Balaban J connectivity index is 2.57. The van der Waals surface area contributed by atoms with Crippen molar-refractivity contribution in [3.63, 3.8) is 0 Å². The van der Waals surface area contributed by atoms with E-state index in [1.165, 1.54) is 12.1 Å². The summed E-state index contributed by atoms with van der Waals surface area (Å²) in [6, 6.07) is 11.3. The second kappa shape index (κ2) is 5.85. The van der Waals surface area contributed by atoms with Crippen LogP contribution in [0.5, 0.6) is 5.75 Å². The zero-order valence-corrected chi connectivity index (χ0v) is 12.8. The van der Waals surface area contributed by atoms with Crippen molar-refractivity contribution in [2.24, 2.45) is 0 Å². The first kappa shape index (κ1) is 14.9. The summed E-state index contributed by atoms with van der Waals surface area (Å²) in [4.78, 5) is 0.374. The molecule has 0 aliphatic carbocycles. The van der Waals surface area contributed by atoms with Crippen molar-refractivity contribution in [3.05, 3.63) is 53.1 Å². The van der Waals surface area contributed by atoms with Crippen LogP contribution in [-0.4, -0.2) is 15.0 Å². The van der Waals surface area contributed by atoms with Gasteiger partial charge in [0.15, 0.2) is 0 Å². The van der Waals surface area contributed by atoms with Crippen molar-refractivity contribution in [2.75, 3.05) is 6.61 Å². The Labute approximate surface area is 124 Å². The molecule has 5 heteroatoms. The SMILES string of the molecule is CCOc1cc(Cl)ccc1S(=O)(=O)c1ccc(C)cc1. The first-order valence-electron chi connectivity index (χ1n) is 6.19. The lowest BCUT2D eigenvalue weighted by Gasteiger charge is -2.11. The van der Waals surface area contributed by atoms with Crippen LogP contribution in [0.25, 0.3) is 0 Å². The molecule has 20 heavy (non-hydrogen) atoms. The van der Waals surface area contributed by atoms with Gasteiger partial charge >= 0.3 is 0 Å². The minimum Gasteiger partial charge on any atom is -0.492 e. The highest BCUT2D eigenvalue weighted by Gasteiger charge is 2.22. The molecule has 0 bridgehead atoms. The van der Waals surface area contributed by atoms with Gasteiger partial charge in [-0.3, -0.25) is 0 Å². The Morgan fingerprint density at radius 3 is 2.35 bits per heavy atom. The van der Waals surface area contributed by atoms with E-state index in [2.05, 4.69) is 0 Å². The van der Waals surface area contributed by atoms with Crippen molar-refractivity contribution in [3.8, 4) is 5.75 Å². The Hall–Kier alpha value is -1.52. The van der Waals surface area contributed by atoms with Crippen molar-refractivity contribution < 1.29 is 13.2 Å². The Kier molecular flexibility index (Phi) is 4.35. The minimum absolute atomic E-state index is 0.132. The predicted molar refractivity (Wildman–Crippen MR) is 79.3 cm³/mol. The van der Waals surface area contributed by atoms with E-state index < -0.39 is 9.84 Å². The van der Waals surface area contributed by atoms with Crippen LogP contribution in [0, 0.1) is 6.92 Å². The van der Waals surface area contributed by atoms with Crippen LogP contribution in [0.2, 0.25) is 5.02 Å². The van der Waals surface area contributed by atoms with Crippen LogP contribution in [0.1, 0.15) is 12.5 Å². The molecule has 3 nitrogen and oxygen atoms in total. The van der Waals surface area contributed by atoms with E-state index in [9.17, 15) is 8.42 Å². The maximum atomic E-state index is 12.6. The fourth-order valence-electron chi connectivity index (χ4n) is 1.82. The van der Waals surface area contributed by atoms with Crippen LogP contribution < -0.4 is 4.74 Å². The molecule has 0 saturated heterocycles. The van der Waals surface area contributed by atoms with Crippen molar-refractivity contribution in [1.82, 2.24) is 0 Å². The summed E-state index contributed by atoms with van der Waals surface area (Å²) in [7, 11) is -3.61. The van der Waals surface area contributed by atoms with Crippen LogP contribution in [0.15, 0.2) is 52.3 Å². The van der Waals surface area contributed by atoms with E-state index in [0.29, 0.717) is 11.6 Å². The summed E-state index contributed by atoms with van der Waals surface area (Å²) in [6.45, 7) is 4.07. The molecular weight excluding hydrogens is 296 g/mol. The third kappa shape index (κ3) is 2.97. The molecule has 106 valence electrons. The van der Waals surface area contributed by atoms with Gasteiger partial charge in [-0.2, -0.15) is 0 Å². The molecule has 0 unspecified atom stereocenters. The Bertz CT molecular complexity index is 706. The number of aryl methyl sites for hydroxylation is 1. The Morgan fingerprint density at radius 2 is 1.75 bits per heavy atom. The number of sulfone groups is 1. The summed E-state index contributed by atoms with van der Waals surface area (Å²) < 4.78 is 30.6. The van der Waals surface area contributed by atoms with Gasteiger partial charge in [-0.25, -0.2) is 8.42 Å². The highest BCUT2D eigenvalue weighted by atomic mass is 35.5. The van der Waals surface area contributed by atoms with Gasteiger partial charge in [0, 0.05) is 11.1 Å². The van der Waals surface area contributed by atoms with E-state index in [1.807, 2.05) is 6.92 Å². The van der Waals surface area contributed by atoms with Gasteiger partial charge in [0.2, 0.25) is 9.84 Å². The number of ether oxygens (including phenoxy) is 1. The summed E-state index contributed by atoms with van der Waals surface area (Å²) in [5.41, 5.74) is 1.00.